The summed E-state index contributed by atoms with van der Waals surface area (Å²) in [6.45, 7) is 5.37. The average molecular weight is 477 g/mol. The van der Waals surface area contributed by atoms with Crippen molar-refractivity contribution in [2.24, 2.45) is 0 Å². The van der Waals surface area contributed by atoms with E-state index >= 15 is 0 Å². The largest absolute Gasteiger partial charge is 0.504 e. The number of phenolic OH excluding ortho intramolecular Hbond substituents is 1. The van der Waals surface area contributed by atoms with Gasteiger partial charge in [-0.3, -0.25) is 9.69 Å². The first-order valence-corrected chi connectivity index (χ1v) is 12.4. The molecule has 1 saturated carbocycles. The predicted octanol–water partition coefficient (Wildman–Crippen LogP) is 2.64. The van der Waals surface area contributed by atoms with Crippen LogP contribution < -0.4 is 9.47 Å². The van der Waals surface area contributed by atoms with Crippen molar-refractivity contribution in [1.29, 1.82) is 0 Å². The molecule has 0 radical (unpaired) electrons. The van der Waals surface area contributed by atoms with Crippen molar-refractivity contribution < 1.29 is 24.5 Å². The van der Waals surface area contributed by atoms with Gasteiger partial charge in [0.05, 0.1) is 17.1 Å². The van der Waals surface area contributed by atoms with Gasteiger partial charge in [-0.05, 0) is 56.0 Å². The van der Waals surface area contributed by atoms with E-state index in [0.717, 1.165) is 17.7 Å². The number of ether oxygens (including phenoxy) is 2. The molecule has 0 aromatic heterocycles. The Morgan fingerprint density at radius 2 is 2.09 bits per heavy atom. The topological polar surface area (TPSA) is 82.5 Å². The molecule has 2 aliphatic heterocycles. The van der Waals surface area contributed by atoms with Gasteiger partial charge in [0, 0.05) is 25.2 Å². The second-order valence-electron chi connectivity index (χ2n) is 10.3. The van der Waals surface area contributed by atoms with Crippen LogP contribution in [0.15, 0.2) is 55.1 Å². The van der Waals surface area contributed by atoms with Crippen LogP contribution in [-0.4, -0.2) is 76.5 Å². The summed E-state index contributed by atoms with van der Waals surface area (Å²) in [5.41, 5.74) is 0.386. The van der Waals surface area contributed by atoms with Gasteiger partial charge >= 0.3 is 0 Å². The highest BCUT2D eigenvalue weighted by molar-refractivity contribution is 5.78. The fourth-order valence-electron chi connectivity index (χ4n) is 7.33. The number of rotatable bonds is 6. The smallest absolute Gasteiger partial charge is 0.260 e. The number of carbonyl (C=O) groups excluding carboxylic acids is 1. The third-order valence-corrected chi connectivity index (χ3v) is 8.90. The molecule has 2 aliphatic carbocycles. The molecule has 35 heavy (non-hydrogen) atoms. The lowest BCUT2D eigenvalue weighted by Crippen LogP contribution is -2.78. The Morgan fingerprint density at radius 1 is 1.29 bits per heavy atom. The Morgan fingerprint density at radius 3 is 2.86 bits per heavy atom. The van der Waals surface area contributed by atoms with E-state index in [4.69, 9.17) is 9.47 Å². The predicted molar refractivity (Wildman–Crippen MR) is 131 cm³/mol. The number of para-hydroxylation sites is 1. The SMILES string of the molecule is C=CCN1CC[C@]23c4c5ccc(O)c4O[C@H]2[C@@H](N(C)C(=O)COc2ccccc2)CC[C@@]3(O)[C@H]1C5. The van der Waals surface area contributed by atoms with Crippen molar-refractivity contribution in [3.8, 4) is 17.2 Å². The second kappa shape index (κ2) is 8.00. The summed E-state index contributed by atoms with van der Waals surface area (Å²) < 4.78 is 12.3. The number of benzene rings is 2. The summed E-state index contributed by atoms with van der Waals surface area (Å²) in [5.74, 6) is 1.09. The molecule has 0 unspecified atom stereocenters. The fraction of sp³-hybridized carbons (Fsp3) is 0.464. The number of likely N-dealkylation sites (tertiary alicyclic amines) is 1. The summed E-state index contributed by atoms with van der Waals surface area (Å²) in [4.78, 5) is 17.3. The molecule has 2 aromatic rings. The zero-order chi connectivity index (χ0) is 24.4. The van der Waals surface area contributed by atoms with E-state index in [9.17, 15) is 15.0 Å². The quantitative estimate of drug-likeness (QED) is 0.624. The van der Waals surface area contributed by atoms with Gasteiger partial charge in [-0.25, -0.2) is 0 Å². The molecule has 2 fully saturated rings. The van der Waals surface area contributed by atoms with Crippen molar-refractivity contribution in [2.45, 2.75) is 54.9 Å². The molecular weight excluding hydrogens is 444 g/mol. The van der Waals surface area contributed by atoms with Gasteiger partial charge in [0.1, 0.15) is 11.9 Å². The van der Waals surface area contributed by atoms with Crippen molar-refractivity contribution in [3.63, 3.8) is 0 Å². The van der Waals surface area contributed by atoms with E-state index in [-0.39, 0.29) is 30.3 Å². The number of phenols is 1. The monoisotopic (exact) mass is 476 g/mol. The summed E-state index contributed by atoms with van der Waals surface area (Å²) in [6, 6.07) is 12.7. The van der Waals surface area contributed by atoms with Crippen LogP contribution in [-0.2, 0) is 16.6 Å². The van der Waals surface area contributed by atoms with E-state index in [1.54, 1.807) is 18.0 Å². The van der Waals surface area contributed by atoms with Gasteiger partial charge in [0.2, 0.25) is 0 Å². The second-order valence-corrected chi connectivity index (χ2v) is 10.3. The Balaban J connectivity index is 1.36. The van der Waals surface area contributed by atoms with Gasteiger partial charge < -0.3 is 24.6 Å². The third-order valence-electron chi connectivity index (χ3n) is 8.90. The average Bonchev–Trinajstić information content (AvgIpc) is 3.22. The number of hydrogen-bond donors (Lipinski definition) is 2. The number of likely N-dealkylation sites (N-methyl/N-ethyl adjacent to an activating group) is 1. The lowest BCUT2D eigenvalue weighted by molar-refractivity contribution is -0.198. The van der Waals surface area contributed by atoms with Crippen LogP contribution in [0.3, 0.4) is 0 Å². The van der Waals surface area contributed by atoms with Crippen molar-refractivity contribution in [3.05, 3.63) is 66.2 Å². The van der Waals surface area contributed by atoms with Crippen molar-refractivity contribution in [1.82, 2.24) is 9.80 Å². The van der Waals surface area contributed by atoms with Crippen LogP contribution in [0.25, 0.3) is 0 Å². The molecule has 6 rings (SSSR count). The first-order valence-electron chi connectivity index (χ1n) is 12.4. The summed E-state index contributed by atoms with van der Waals surface area (Å²) in [6.07, 6.45) is 4.02. The van der Waals surface area contributed by atoms with Crippen LogP contribution >= 0.6 is 0 Å². The molecule has 5 atom stereocenters. The first kappa shape index (κ1) is 22.4. The highest BCUT2D eigenvalue weighted by Crippen LogP contribution is 2.65. The van der Waals surface area contributed by atoms with E-state index in [1.165, 1.54) is 0 Å². The number of nitrogens with zero attached hydrogens (tertiary/aromatic N) is 2. The van der Waals surface area contributed by atoms with Crippen LogP contribution in [0, 0.1) is 0 Å². The Bertz CT molecular complexity index is 1170. The molecule has 2 aromatic carbocycles. The minimum absolute atomic E-state index is 0.0632. The number of hydrogen-bond acceptors (Lipinski definition) is 6. The highest BCUT2D eigenvalue weighted by Gasteiger charge is 2.73. The van der Waals surface area contributed by atoms with Crippen molar-refractivity contribution in [2.75, 3.05) is 26.7 Å². The van der Waals surface area contributed by atoms with E-state index in [1.807, 2.05) is 42.5 Å². The molecule has 7 nitrogen and oxygen atoms in total. The minimum atomic E-state index is -1.01. The van der Waals surface area contributed by atoms with Crippen LogP contribution in [0.2, 0.25) is 0 Å². The number of carbonyl (C=O) groups is 1. The normalized spacial score (nSPS) is 32.3. The Hall–Kier alpha value is -3.03. The highest BCUT2D eigenvalue weighted by atomic mass is 16.5. The van der Waals surface area contributed by atoms with E-state index in [2.05, 4.69) is 11.5 Å². The molecule has 1 amide bonds. The standard InChI is InChI=1S/C28H32N2O5/c1-3-14-30-15-13-27-24-18-9-10-21(31)25(24)35-26(27)20(11-12-28(27,33)22(30)16-18)29(2)23(32)17-34-19-7-5-4-6-8-19/h3-10,20,22,26,31,33H,1,11-17H2,2H3/t20-,22+,26-,27-,28+/m0/s1. The van der Waals surface area contributed by atoms with Crippen LogP contribution in [0.4, 0.5) is 0 Å². The number of piperidine rings is 1. The van der Waals surface area contributed by atoms with Gasteiger partial charge in [0.15, 0.2) is 18.1 Å². The molecule has 7 heteroatoms. The molecule has 2 bridgehead atoms. The van der Waals surface area contributed by atoms with Crippen LogP contribution in [0.1, 0.15) is 30.4 Å². The first-order chi connectivity index (χ1) is 16.9. The van der Waals surface area contributed by atoms with E-state index < -0.39 is 17.1 Å². The number of amides is 1. The van der Waals surface area contributed by atoms with Gasteiger partial charge in [-0.15, -0.1) is 6.58 Å². The maximum absolute atomic E-state index is 13.2. The molecule has 184 valence electrons. The molecule has 1 saturated heterocycles. The van der Waals surface area contributed by atoms with E-state index in [0.29, 0.717) is 43.7 Å². The number of aromatic hydroxyl groups is 1. The summed E-state index contributed by atoms with van der Waals surface area (Å²) in [5, 5.41) is 23.2. The Labute approximate surface area is 205 Å². The maximum Gasteiger partial charge on any atom is 0.260 e. The van der Waals surface area contributed by atoms with Gasteiger partial charge in [0.25, 0.3) is 5.91 Å². The van der Waals surface area contributed by atoms with Crippen molar-refractivity contribution >= 4 is 5.91 Å². The fourth-order valence-corrected chi connectivity index (χ4v) is 7.33. The summed E-state index contributed by atoms with van der Waals surface area (Å²) >= 11 is 0. The third kappa shape index (κ3) is 3.01. The Kier molecular flexibility index (Phi) is 5.13. The molecule has 2 heterocycles. The molecule has 1 spiro atoms. The lowest BCUT2D eigenvalue weighted by Gasteiger charge is -2.64. The molecule has 4 aliphatic rings. The van der Waals surface area contributed by atoms with Crippen LogP contribution in [0.5, 0.6) is 17.2 Å². The van der Waals surface area contributed by atoms with Gasteiger partial charge in [-0.1, -0.05) is 30.3 Å². The minimum Gasteiger partial charge on any atom is -0.504 e. The number of aliphatic hydroxyl groups is 1. The van der Waals surface area contributed by atoms with Gasteiger partial charge in [-0.2, -0.15) is 0 Å². The lowest BCUT2D eigenvalue weighted by atomic mass is 9.48. The summed E-state index contributed by atoms with van der Waals surface area (Å²) in [7, 11) is 1.79. The zero-order valence-electron chi connectivity index (χ0n) is 20.0. The molecular formula is C28H32N2O5. The maximum atomic E-state index is 13.2. The molecule has 2 N–H and O–H groups in total. The zero-order valence-corrected chi connectivity index (χ0v) is 20.0.